The van der Waals surface area contributed by atoms with Crippen LogP contribution in [0.25, 0.3) is 5.69 Å². The van der Waals surface area contributed by atoms with Gasteiger partial charge in [-0.1, -0.05) is 0 Å². The third kappa shape index (κ3) is 2.74. The lowest BCUT2D eigenvalue weighted by Gasteiger charge is -2.05. The third-order valence-electron chi connectivity index (χ3n) is 3.81. The maximum Gasteiger partial charge on any atom is 0.272 e. The average molecular weight is 303 g/mol. The summed E-state index contributed by atoms with van der Waals surface area (Å²) in [7, 11) is 1.59. The normalized spacial score (nSPS) is 13.2. The Balaban J connectivity index is 1.91. The Bertz CT molecular complexity index is 679. The highest BCUT2D eigenvalue weighted by Gasteiger charge is 2.26. The van der Waals surface area contributed by atoms with Gasteiger partial charge in [0.1, 0.15) is 5.82 Å². The molecule has 5 nitrogen and oxygen atoms in total. The number of carbonyl (C=O) groups excluding carboxylic acids is 1. The fourth-order valence-corrected chi connectivity index (χ4v) is 2.77. The first-order chi connectivity index (χ1) is 10.7. The molecule has 0 spiro atoms. The number of benzene rings is 1. The Kier molecular flexibility index (Phi) is 4.20. The van der Waals surface area contributed by atoms with Gasteiger partial charge in [-0.2, -0.15) is 5.10 Å². The van der Waals surface area contributed by atoms with Crippen molar-refractivity contribution in [2.45, 2.75) is 19.3 Å². The van der Waals surface area contributed by atoms with E-state index in [4.69, 9.17) is 4.74 Å². The van der Waals surface area contributed by atoms with Crippen LogP contribution >= 0.6 is 0 Å². The maximum absolute atomic E-state index is 13.1. The molecule has 0 bridgehead atoms. The molecule has 22 heavy (non-hydrogen) atoms. The van der Waals surface area contributed by atoms with Gasteiger partial charge in [-0.15, -0.1) is 0 Å². The van der Waals surface area contributed by atoms with E-state index in [0.717, 1.165) is 36.2 Å². The standard InChI is InChI=1S/C16H18FN3O2/c1-22-10-9-18-16(21)15-13-3-2-4-14(13)20(19-15)12-7-5-11(17)6-8-12/h5-8H,2-4,9-10H2,1H3,(H,18,21). The Morgan fingerprint density at radius 2 is 2.14 bits per heavy atom. The van der Waals surface area contributed by atoms with Gasteiger partial charge in [-0.05, 0) is 43.5 Å². The van der Waals surface area contributed by atoms with Gasteiger partial charge >= 0.3 is 0 Å². The van der Waals surface area contributed by atoms with Crippen LogP contribution in [0.1, 0.15) is 28.2 Å². The molecule has 3 rings (SSSR count). The molecular weight excluding hydrogens is 285 g/mol. The number of carbonyl (C=O) groups is 1. The summed E-state index contributed by atoms with van der Waals surface area (Å²) in [5.41, 5.74) is 3.28. The molecule has 0 unspecified atom stereocenters. The van der Waals surface area contributed by atoms with Crippen molar-refractivity contribution in [1.29, 1.82) is 0 Å². The molecule has 0 saturated heterocycles. The van der Waals surface area contributed by atoms with Crippen molar-refractivity contribution >= 4 is 5.91 Å². The summed E-state index contributed by atoms with van der Waals surface area (Å²) >= 11 is 0. The minimum atomic E-state index is -0.287. The lowest BCUT2D eigenvalue weighted by Crippen LogP contribution is -2.28. The molecule has 1 aliphatic carbocycles. The van der Waals surface area contributed by atoms with Gasteiger partial charge in [0.05, 0.1) is 12.3 Å². The number of halogens is 1. The second-order valence-corrected chi connectivity index (χ2v) is 5.26. The second-order valence-electron chi connectivity index (χ2n) is 5.26. The lowest BCUT2D eigenvalue weighted by molar-refractivity contribution is 0.0931. The molecule has 0 fully saturated rings. The Morgan fingerprint density at radius 3 is 2.86 bits per heavy atom. The maximum atomic E-state index is 13.1. The van der Waals surface area contributed by atoms with Crippen LogP contribution in [0.2, 0.25) is 0 Å². The number of hydrogen-bond donors (Lipinski definition) is 1. The fraction of sp³-hybridized carbons (Fsp3) is 0.375. The largest absolute Gasteiger partial charge is 0.383 e. The fourth-order valence-electron chi connectivity index (χ4n) is 2.77. The predicted octanol–water partition coefficient (Wildman–Crippen LogP) is 1.88. The zero-order valence-corrected chi connectivity index (χ0v) is 12.4. The van der Waals surface area contributed by atoms with Gasteiger partial charge in [0.15, 0.2) is 5.69 Å². The average Bonchev–Trinajstić information content (AvgIpc) is 3.10. The van der Waals surface area contributed by atoms with Crippen LogP contribution in [0, 0.1) is 5.82 Å². The Morgan fingerprint density at radius 1 is 1.36 bits per heavy atom. The number of amides is 1. The van der Waals surface area contributed by atoms with Crippen LogP contribution in [0.15, 0.2) is 24.3 Å². The summed E-state index contributed by atoms with van der Waals surface area (Å²) < 4.78 is 19.8. The zero-order valence-electron chi connectivity index (χ0n) is 12.4. The van der Waals surface area contributed by atoms with Crippen molar-refractivity contribution in [3.8, 4) is 5.69 Å². The summed E-state index contributed by atoms with van der Waals surface area (Å²) in [4.78, 5) is 12.3. The molecular formula is C16H18FN3O2. The monoisotopic (exact) mass is 303 g/mol. The van der Waals surface area contributed by atoms with E-state index in [2.05, 4.69) is 10.4 Å². The number of aromatic nitrogens is 2. The number of ether oxygens (including phenoxy) is 1. The number of hydrogen-bond acceptors (Lipinski definition) is 3. The molecule has 116 valence electrons. The lowest BCUT2D eigenvalue weighted by atomic mass is 10.2. The highest BCUT2D eigenvalue weighted by atomic mass is 19.1. The summed E-state index contributed by atoms with van der Waals surface area (Å²) in [6.45, 7) is 0.917. The minimum Gasteiger partial charge on any atom is -0.383 e. The van der Waals surface area contributed by atoms with Crippen molar-refractivity contribution in [3.05, 3.63) is 47.0 Å². The summed E-state index contributed by atoms with van der Waals surface area (Å²) in [5.74, 6) is -0.471. The van der Waals surface area contributed by atoms with Crippen LogP contribution in [0.4, 0.5) is 4.39 Å². The Hall–Kier alpha value is -2.21. The molecule has 1 aromatic carbocycles. The van der Waals surface area contributed by atoms with Crippen LogP contribution in [-0.4, -0.2) is 35.9 Å². The summed E-state index contributed by atoms with van der Waals surface area (Å²) in [6, 6.07) is 6.15. The highest BCUT2D eigenvalue weighted by Crippen LogP contribution is 2.27. The number of nitrogens with one attached hydrogen (secondary N) is 1. The van der Waals surface area contributed by atoms with Gasteiger partial charge in [0.2, 0.25) is 0 Å². The van der Waals surface area contributed by atoms with E-state index >= 15 is 0 Å². The van der Waals surface area contributed by atoms with E-state index < -0.39 is 0 Å². The molecule has 1 aromatic heterocycles. The first-order valence-corrected chi connectivity index (χ1v) is 7.34. The van der Waals surface area contributed by atoms with Gasteiger partial charge in [-0.25, -0.2) is 9.07 Å². The molecule has 1 heterocycles. The third-order valence-corrected chi connectivity index (χ3v) is 3.81. The van der Waals surface area contributed by atoms with E-state index in [1.54, 1.807) is 23.9 Å². The topological polar surface area (TPSA) is 56.1 Å². The molecule has 0 radical (unpaired) electrons. The molecule has 1 amide bonds. The van der Waals surface area contributed by atoms with Crippen LogP contribution in [-0.2, 0) is 17.6 Å². The quantitative estimate of drug-likeness (QED) is 0.858. The summed E-state index contributed by atoms with van der Waals surface area (Å²) in [6.07, 6.45) is 2.74. The molecule has 1 N–H and O–H groups in total. The van der Waals surface area contributed by atoms with Crippen molar-refractivity contribution < 1.29 is 13.9 Å². The molecule has 0 saturated carbocycles. The number of fused-ring (bicyclic) bond motifs is 1. The molecule has 6 heteroatoms. The van der Waals surface area contributed by atoms with Crippen molar-refractivity contribution in [2.24, 2.45) is 0 Å². The van der Waals surface area contributed by atoms with E-state index in [1.807, 2.05) is 0 Å². The van der Waals surface area contributed by atoms with E-state index in [0.29, 0.717) is 18.8 Å². The van der Waals surface area contributed by atoms with Crippen LogP contribution in [0.3, 0.4) is 0 Å². The number of rotatable bonds is 5. The SMILES string of the molecule is COCCNC(=O)c1nn(-c2ccc(F)cc2)c2c1CCC2. The summed E-state index contributed by atoms with van der Waals surface area (Å²) in [5, 5.41) is 7.26. The molecule has 1 aliphatic rings. The van der Waals surface area contributed by atoms with Crippen molar-refractivity contribution in [1.82, 2.24) is 15.1 Å². The minimum absolute atomic E-state index is 0.184. The predicted molar refractivity (Wildman–Crippen MR) is 79.8 cm³/mol. The van der Waals surface area contributed by atoms with Crippen molar-refractivity contribution in [2.75, 3.05) is 20.3 Å². The number of nitrogens with zero attached hydrogens (tertiary/aromatic N) is 2. The van der Waals surface area contributed by atoms with Crippen molar-refractivity contribution in [3.63, 3.8) is 0 Å². The van der Waals surface area contributed by atoms with Gasteiger partial charge in [-0.3, -0.25) is 4.79 Å². The Labute approximate surface area is 128 Å². The molecule has 2 aromatic rings. The highest BCUT2D eigenvalue weighted by molar-refractivity contribution is 5.94. The second kappa shape index (κ2) is 6.27. The first kappa shape index (κ1) is 14.7. The van der Waals surface area contributed by atoms with Crippen LogP contribution in [0.5, 0.6) is 0 Å². The van der Waals surface area contributed by atoms with E-state index in [1.165, 1.54) is 12.1 Å². The van der Waals surface area contributed by atoms with E-state index in [-0.39, 0.29) is 11.7 Å². The van der Waals surface area contributed by atoms with E-state index in [9.17, 15) is 9.18 Å². The first-order valence-electron chi connectivity index (χ1n) is 7.34. The molecule has 0 aliphatic heterocycles. The van der Waals surface area contributed by atoms with Gasteiger partial charge in [0.25, 0.3) is 5.91 Å². The van der Waals surface area contributed by atoms with Gasteiger partial charge < -0.3 is 10.1 Å². The number of methoxy groups -OCH3 is 1. The van der Waals surface area contributed by atoms with Crippen LogP contribution < -0.4 is 5.32 Å². The molecule has 0 atom stereocenters. The zero-order chi connectivity index (χ0) is 15.5. The smallest absolute Gasteiger partial charge is 0.272 e. The van der Waals surface area contributed by atoms with Gasteiger partial charge in [0, 0.05) is 24.9 Å².